The summed E-state index contributed by atoms with van der Waals surface area (Å²) in [5, 5.41) is 2.80. The fourth-order valence-corrected chi connectivity index (χ4v) is 8.48. The number of sulfone groups is 1. The van der Waals surface area contributed by atoms with Crippen LogP contribution in [0.15, 0.2) is 35.1 Å². The van der Waals surface area contributed by atoms with E-state index in [9.17, 15) is 8.42 Å². The second-order valence-corrected chi connectivity index (χ2v) is 14.7. The van der Waals surface area contributed by atoms with Crippen LogP contribution in [0, 0.1) is 0 Å². The summed E-state index contributed by atoms with van der Waals surface area (Å²) in [4.78, 5) is 17.5. The molecule has 0 amide bonds. The smallest absolute Gasteiger partial charge is 0.248 e. The van der Waals surface area contributed by atoms with E-state index in [0.717, 1.165) is 56.5 Å². The molecular formula is C26H28N8O2S4. The number of rotatable bonds is 4. The van der Waals surface area contributed by atoms with Crippen LogP contribution in [0.1, 0.15) is 63.5 Å². The number of thioether (sulfide) groups is 1. The molecule has 0 spiro atoms. The Kier molecular flexibility index (Phi) is 6.76. The van der Waals surface area contributed by atoms with E-state index in [1.807, 2.05) is 24.8 Å². The van der Waals surface area contributed by atoms with Crippen molar-refractivity contribution in [2.75, 3.05) is 12.5 Å². The highest BCUT2D eigenvalue weighted by molar-refractivity contribution is 7.98. The largest absolute Gasteiger partial charge is 0.320 e. The Hall–Kier alpha value is -2.68. The molecule has 208 valence electrons. The monoisotopic (exact) mass is 612 g/mol. The first-order valence-corrected chi connectivity index (χ1v) is 18.1. The first-order valence-electron chi connectivity index (χ1n) is 13.4. The van der Waals surface area contributed by atoms with Crippen LogP contribution in [0.5, 0.6) is 0 Å². The van der Waals surface area contributed by atoms with Crippen LogP contribution in [0.4, 0.5) is 0 Å². The predicted molar refractivity (Wildman–Crippen MR) is 161 cm³/mol. The first-order chi connectivity index (χ1) is 19.4. The highest BCUT2D eigenvalue weighted by Gasteiger charge is 2.26. The van der Waals surface area contributed by atoms with Crippen LogP contribution >= 0.6 is 34.8 Å². The second kappa shape index (κ2) is 10.3. The maximum absolute atomic E-state index is 11.7. The van der Waals surface area contributed by atoms with Crippen molar-refractivity contribution in [3.63, 3.8) is 0 Å². The number of fused-ring (bicyclic) bond motifs is 6. The Morgan fingerprint density at radius 2 is 1.27 bits per heavy atom. The number of hydrogen-bond acceptors (Lipinski definition) is 11. The van der Waals surface area contributed by atoms with Gasteiger partial charge in [0.25, 0.3) is 0 Å². The molecule has 0 N–H and O–H groups in total. The van der Waals surface area contributed by atoms with Crippen molar-refractivity contribution < 1.29 is 8.42 Å². The molecule has 40 heavy (non-hydrogen) atoms. The molecule has 14 heteroatoms. The number of aromatic nitrogens is 8. The topological polar surface area (TPSA) is 121 Å². The van der Waals surface area contributed by atoms with Crippen LogP contribution in [-0.2, 0) is 9.84 Å². The summed E-state index contributed by atoms with van der Waals surface area (Å²) < 4.78 is 38.9. The molecule has 0 unspecified atom stereocenters. The van der Waals surface area contributed by atoms with E-state index in [1.165, 1.54) is 60.3 Å². The van der Waals surface area contributed by atoms with Gasteiger partial charge in [0.1, 0.15) is 11.3 Å². The number of nitrogens with zero attached hydrogens (tertiary/aromatic N) is 8. The van der Waals surface area contributed by atoms with E-state index in [0.29, 0.717) is 12.1 Å². The van der Waals surface area contributed by atoms with Gasteiger partial charge >= 0.3 is 0 Å². The third kappa shape index (κ3) is 4.39. The standard InChI is InChI=1S/C13H14N4O2S2.C13H14N4S2/c1-21(18,19)13-14-6-9-11-10(7-15-20-11)17(12(9)16-13)8-4-2-3-5-8;1-18-13-14-6-9-11-10(7-15-19-11)17(12(9)16-13)8-4-2-3-5-8/h6-8H,2-5H2,1H3;6-8H,2-5H2,1H3. The van der Waals surface area contributed by atoms with E-state index in [4.69, 9.17) is 4.98 Å². The first kappa shape index (κ1) is 26.2. The Morgan fingerprint density at radius 1 is 0.775 bits per heavy atom. The average Bonchev–Trinajstić information content (AvgIpc) is 3.78. The minimum atomic E-state index is -3.40. The van der Waals surface area contributed by atoms with E-state index < -0.39 is 9.84 Å². The molecule has 2 aliphatic rings. The molecular weight excluding hydrogens is 585 g/mol. The lowest BCUT2D eigenvalue weighted by molar-refractivity contribution is 0.544. The van der Waals surface area contributed by atoms with Crippen LogP contribution in [0.25, 0.3) is 42.5 Å². The minimum Gasteiger partial charge on any atom is -0.320 e. The molecule has 0 bridgehead atoms. The van der Waals surface area contributed by atoms with Gasteiger partial charge < -0.3 is 9.13 Å². The minimum absolute atomic E-state index is 0.104. The summed E-state index contributed by atoms with van der Waals surface area (Å²) >= 11 is 4.56. The van der Waals surface area contributed by atoms with Gasteiger partial charge in [-0.1, -0.05) is 37.4 Å². The van der Waals surface area contributed by atoms with Gasteiger partial charge in [-0.3, -0.25) is 0 Å². The quantitative estimate of drug-likeness (QED) is 0.164. The Morgan fingerprint density at radius 3 is 1.77 bits per heavy atom. The lowest BCUT2D eigenvalue weighted by Crippen LogP contribution is -2.08. The number of hydrogen-bond donors (Lipinski definition) is 0. The molecule has 6 aromatic heterocycles. The van der Waals surface area contributed by atoms with Crippen molar-refractivity contribution in [1.82, 2.24) is 37.8 Å². The fraction of sp³-hybridized carbons (Fsp3) is 0.462. The molecule has 10 nitrogen and oxygen atoms in total. The molecule has 8 rings (SSSR count). The molecule has 2 saturated carbocycles. The molecule has 2 fully saturated rings. The zero-order valence-corrected chi connectivity index (χ0v) is 25.4. The SMILES string of the molecule is CS(=O)(=O)c1ncc2c3sncc3n(C3CCCC3)c2n1.CSc1ncc2c3sncc3n(C3CCCC3)c2n1. The summed E-state index contributed by atoms with van der Waals surface area (Å²) in [7, 11) is -3.40. The van der Waals surface area contributed by atoms with Gasteiger partial charge in [-0.25, -0.2) is 23.4 Å². The fourth-order valence-electron chi connectivity index (χ4n) is 6.16. The summed E-state index contributed by atoms with van der Waals surface area (Å²) in [5.74, 6) is 0. The van der Waals surface area contributed by atoms with Crippen molar-refractivity contribution in [2.45, 2.75) is 73.8 Å². The second-order valence-electron chi connectivity index (χ2n) is 10.5. The summed E-state index contributed by atoms with van der Waals surface area (Å²) in [6.07, 6.45) is 20.3. The molecule has 0 saturated heterocycles. The molecule has 0 radical (unpaired) electrons. The van der Waals surface area contributed by atoms with Crippen molar-refractivity contribution in [3.8, 4) is 0 Å². The van der Waals surface area contributed by atoms with Crippen molar-refractivity contribution in [1.29, 1.82) is 0 Å². The van der Waals surface area contributed by atoms with Gasteiger partial charge in [-0.05, 0) is 55.0 Å². The normalized spacial score (nSPS) is 17.1. The zero-order valence-electron chi connectivity index (χ0n) is 22.1. The lowest BCUT2D eigenvalue weighted by atomic mass is 10.2. The van der Waals surface area contributed by atoms with E-state index >= 15 is 0 Å². The molecule has 6 heterocycles. The molecule has 0 aromatic carbocycles. The Balaban J connectivity index is 0.000000133. The van der Waals surface area contributed by atoms with E-state index in [-0.39, 0.29) is 5.16 Å². The molecule has 0 atom stereocenters. The Labute approximate surface area is 243 Å². The average molecular weight is 613 g/mol. The summed E-state index contributed by atoms with van der Waals surface area (Å²) in [6.45, 7) is 0. The van der Waals surface area contributed by atoms with Crippen LogP contribution in [0.3, 0.4) is 0 Å². The van der Waals surface area contributed by atoms with Gasteiger partial charge in [0.05, 0.1) is 43.6 Å². The highest BCUT2D eigenvalue weighted by Crippen LogP contribution is 2.40. The predicted octanol–water partition coefficient (Wildman–Crippen LogP) is 6.44. The van der Waals surface area contributed by atoms with Crippen molar-refractivity contribution in [2.24, 2.45) is 0 Å². The maximum atomic E-state index is 11.7. The third-order valence-corrected chi connectivity index (χ3v) is 11.0. The van der Waals surface area contributed by atoms with Crippen molar-refractivity contribution >= 4 is 87.2 Å². The third-order valence-electron chi connectivity index (χ3n) is 7.95. The van der Waals surface area contributed by atoms with Crippen LogP contribution in [-0.4, -0.2) is 58.7 Å². The van der Waals surface area contributed by atoms with Crippen molar-refractivity contribution in [3.05, 3.63) is 24.8 Å². The molecule has 2 aliphatic carbocycles. The highest BCUT2D eigenvalue weighted by atomic mass is 32.2. The molecule has 0 aliphatic heterocycles. The van der Waals surface area contributed by atoms with E-state index in [1.54, 1.807) is 29.5 Å². The van der Waals surface area contributed by atoms with Gasteiger partial charge in [0, 0.05) is 30.7 Å². The van der Waals surface area contributed by atoms with Gasteiger partial charge in [0.2, 0.25) is 15.0 Å². The van der Waals surface area contributed by atoms with Crippen LogP contribution < -0.4 is 0 Å². The maximum Gasteiger partial charge on any atom is 0.248 e. The summed E-state index contributed by atoms with van der Waals surface area (Å²) in [6, 6.07) is 0.963. The van der Waals surface area contributed by atoms with Gasteiger partial charge in [0.15, 0.2) is 5.16 Å². The summed E-state index contributed by atoms with van der Waals surface area (Å²) in [5.41, 5.74) is 4.09. The molecule has 6 aromatic rings. The van der Waals surface area contributed by atoms with E-state index in [2.05, 4.69) is 32.8 Å². The van der Waals surface area contributed by atoms with Gasteiger partial charge in [-0.15, -0.1) is 0 Å². The zero-order chi connectivity index (χ0) is 27.4. The lowest BCUT2D eigenvalue weighted by Gasteiger charge is -2.13. The Bertz CT molecular complexity index is 1960. The van der Waals surface area contributed by atoms with Gasteiger partial charge in [-0.2, -0.15) is 13.7 Å². The van der Waals surface area contributed by atoms with Crippen LogP contribution in [0.2, 0.25) is 0 Å².